The van der Waals surface area contributed by atoms with E-state index in [0.717, 1.165) is 11.8 Å². The summed E-state index contributed by atoms with van der Waals surface area (Å²) >= 11 is 0. The Bertz CT molecular complexity index is 211. The molecule has 0 N–H and O–H groups in total. The van der Waals surface area contributed by atoms with Gasteiger partial charge in [-0.05, 0) is 24.7 Å². The van der Waals surface area contributed by atoms with Gasteiger partial charge in [0, 0.05) is 13.0 Å². The summed E-state index contributed by atoms with van der Waals surface area (Å²) in [6, 6.07) is 0. The first-order valence-corrected chi connectivity index (χ1v) is 5.70. The Kier molecular flexibility index (Phi) is 2.08. The van der Waals surface area contributed by atoms with Gasteiger partial charge < -0.3 is 14.2 Å². The number of hydrogen-bond donors (Lipinski definition) is 0. The van der Waals surface area contributed by atoms with Gasteiger partial charge in [-0.3, -0.25) is 0 Å². The molecule has 14 heavy (non-hydrogen) atoms. The maximum atomic E-state index is 5.66. The molecule has 1 saturated heterocycles. The Morgan fingerprint density at radius 1 is 1.07 bits per heavy atom. The molecular formula is C11H18O3. The lowest BCUT2D eigenvalue weighted by Crippen LogP contribution is -2.36. The number of methoxy groups -OCH3 is 1. The Hall–Kier alpha value is -0.120. The van der Waals surface area contributed by atoms with E-state index in [-0.39, 0.29) is 0 Å². The van der Waals surface area contributed by atoms with Crippen molar-refractivity contribution in [2.75, 3.05) is 20.3 Å². The van der Waals surface area contributed by atoms with Crippen LogP contribution in [0.3, 0.4) is 0 Å². The third kappa shape index (κ3) is 1.16. The lowest BCUT2D eigenvalue weighted by atomic mass is 10.0. The van der Waals surface area contributed by atoms with Crippen LogP contribution >= 0.6 is 0 Å². The molecule has 1 aliphatic heterocycles. The highest BCUT2D eigenvalue weighted by atomic mass is 16.9. The highest BCUT2D eigenvalue weighted by Gasteiger charge is 2.64. The van der Waals surface area contributed by atoms with Crippen molar-refractivity contribution in [1.82, 2.24) is 0 Å². The predicted octanol–water partition coefficient (Wildman–Crippen LogP) is 1.77. The first-order chi connectivity index (χ1) is 6.87. The first kappa shape index (κ1) is 9.13. The van der Waals surface area contributed by atoms with Gasteiger partial charge in [0.15, 0.2) is 0 Å². The van der Waals surface area contributed by atoms with E-state index in [4.69, 9.17) is 14.2 Å². The van der Waals surface area contributed by atoms with Crippen molar-refractivity contribution in [1.29, 1.82) is 0 Å². The highest BCUT2D eigenvalue weighted by Crippen LogP contribution is 2.61. The van der Waals surface area contributed by atoms with Gasteiger partial charge in [0.05, 0.1) is 13.2 Å². The Morgan fingerprint density at radius 2 is 1.64 bits per heavy atom. The topological polar surface area (TPSA) is 27.7 Å². The van der Waals surface area contributed by atoms with E-state index in [0.29, 0.717) is 19.1 Å². The molecule has 0 aromatic heterocycles. The third-order valence-electron chi connectivity index (χ3n) is 4.04. The maximum Gasteiger partial charge on any atom is 0.286 e. The van der Waals surface area contributed by atoms with E-state index in [1.165, 1.54) is 25.7 Å². The molecule has 0 bridgehead atoms. The van der Waals surface area contributed by atoms with Crippen LogP contribution in [0.5, 0.6) is 0 Å². The maximum absolute atomic E-state index is 5.66. The summed E-state index contributed by atoms with van der Waals surface area (Å²) in [5.41, 5.74) is 0. The van der Waals surface area contributed by atoms with E-state index in [9.17, 15) is 0 Å². The summed E-state index contributed by atoms with van der Waals surface area (Å²) < 4.78 is 16.8. The van der Waals surface area contributed by atoms with Crippen LogP contribution in [0.25, 0.3) is 0 Å². The number of hydrogen-bond acceptors (Lipinski definition) is 3. The summed E-state index contributed by atoms with van der Waals surface area (Å²) in [5, 5.41) is 0. The van der Waals surface area contributed by atoms with Crippen molar-refractivity contribution < 1.29 is 14.2 Å². The molecule has 1 unspecified atom stereocenters. The quantitative estimate of drug-likeness (QED) is 0.676. The molecule has 3 atom stereocenters. The van der Waals surface area contributed by atoms with Crippen molar-refractivity contribution >= 4 is 0 Å². The van der Waals surface area contributed by atoms with Crippen LogP contribution in [0.4, 0.5) is 0 Å². The minimum atomic E-state index is -0.667. The average Bonchev–Trinajstić information content (AvgIpc) is 2.79. The monoisotopic (exact) mass is 198 g/mol. The lowest BCUT2D eigenvalue weighted by Gasteiger charge is -2.25. The van der Waals surface area contributed by atoms with Crippen LogP contribution in [0, 0.1) is 17.8 Å². The molecule has 3 rings (SSSR count). The SMILES string of the molecule is COC1(C2[C@H]3CCCC[C@@H]23)OCCO1. The van der Waals surface area contributed by atoms with Gasteiger partial charge in [0.2, 0.25) is 0 Å². The van der Waals surface area contributed by atoms with Crippen molar-refractivity contribution in [3.63, 3.8) is 0 Å². The van der Waals surface area contributed by atoms with Crippen molar-refractivity contribution in [3.05, 3.63) is 0 Å². The second-order valence-corrected chi connectivity index (χ2v) is 4.64. The number of ether oxygens (including phenoxy) is 3. The van der Waals surface area contributed by atoms with Crippen molar-refractivity contribution in [3.8, 4) is 0 Å². The minimum absolute atomic E-state index is 0.512. The molecule has 0 aromatic carbocycles. The summed E-state index contributed by atoms with van der Waals surface area (Å²) in [4.78, 5) is 0. The summed E-state index contributed by atoms with van der Waals surface area (Å²) in [5.74, 6) is 1.46. The van der Waals surface area contributed by atoms with Crippen LogP contribution < -0.4 is 0 Å². The van der Waals surface area contributed by atoms with Crippen LogP contribution in [0.15, 0.2) is 0 Å². The van der Waals surface area contributed by atoms with Crippen LogP contribution in [0.1, 0.15) is 25.7 Å². The smallest absolute Gasteiger partial charge is 0.286 e. The molecule has 3 fully saturated rings. The number of rotatable bonds is 2. The second-order valence-electron chi connectivity index (χ2n) is 4.64. The second kappa shape index (κ2) is 3.19. The molecular weight excluding hydrogens is 180 g/mol. The summed E-state index contributed by atoms with van der Waals surface area (Å²) in [6.45, 7) is 1.37. The summed E-state index contributed by atoms with van der Waals surface area (Å²) in [7, 11) is 1.70. The Balaban J connectivity index is 1.75. The minimum Gasteiger partial charge on any atom is -0.331 e. The average molecular weight is 198 g/mol. The molecule has 3 heteroatoms. The largest absolute Gasteiger partial charge is 0.331 e. The van der Waals surface area contributed by atoms with Crippen LogP contribution in [-0.2, 0) is 14.2 Å². The molecule has 80 valence electrons. The van der Waals surface area contributed by atoms with Crippen molar-refractivity contribution in [2.45, 2.75) is 31.7 Å². The van der Waals surface area contributed by atoms with E-state index in [2.05, 4.69) is 0 Å². The van der Waals surface area contributed by atoms with Gasteiger partial charge in [-0.1, -0.05) is 12.8 Å². The van der Waals surface area contributed by atoms with Crippen molar-refractivity contribution in [2.24, 2.45) is 17.8 Å². The van der Waals surface area contributed by atoms with E-state index >= 15 is 0 Å². The first-order valence-electron chi connectivity index (χ1n) is 5.70. The fraction of sp³-hybridized carbons (Fsp3) is 1.00. The molecule has 2 saturated carbocycles. The van der Waals surface area contributed by atoms with Gasteiger partial charge in [0.1, 0.15) is 0 Å². The summed E-state index contributed by atoms with van der Waals surface area (Å²) in [6.07, 6.45) is 5.43. The molecule has 0 amide bonds. The zero-order chi connectivity index (χ0) is 9.60. The normalized spacial score (nSPS) is 44.8. The van der Waals surface area contributed by atoms with Gasteiger partial charge in [0.25, 0.3) is 5.97 Å². The van der Waals surface area contributed by atoms with Gasteiger partial charge in [-0.2, -0.15) is 0 Å². The lowest BCUT2D eigenvalue weighted by molar-refractivity contribution is -0.336. The standard InChI is InChI=1S/C11H18O3/c1-12-11(13-6-7-14-11)10-8-4-2-3-5-9(8)10/h8-10H,2-7H2,1H3/t8-,9+,10?. The zero-order valence-corrected chi connectivity index (χ0v) is 8.70. The van der Waals surface area contributed by atoms with E-state index in [1.807, 2.05) is 0 Å². The third-order valence-corrected chi connectivity index (χ3v) is 4.04. The molecule has 0 spiro atoms. The predicted molar refractivity (Wildman–Crippen MR) is 50.6 cm³/mol. The Labute approximate surface area is 84.7 Å². The molecule has 2 aliphatic carbocycles. The van der Waals surface area contributed by atoms with Crippen LogP contribution in [0.2, 0.25) is 0 Å². The Morgan fingerprint density at radius 3 is 2.14 bits per heavy atom. The van der Waals surface area contributed by atoms with Gasteiger partial charge in [-0.25, -0.2) is 0 Å². The molecule has 3 aliphatic rings. The van der Waals surface area contributed by atoms with Gasteiger partial charge in [-0.15, -0.1) is 0 Å². The number of fused-ring (bicyclic) bond motifs is 1. The molecule has 3 nitrogen and oxygen atoms in total. The fourth-order valence-electron chi connectivity index (χ4n) is 3.37. The molecule has 0 aromatic rings. The molecule has 1 heterocycles. The highest BCUT2D eigenvalue weighted by molar-refractivity contribution is 5.04. The van der Waals surface area contributed by atoms with E-state index in [1.54, 1.807) is 7.11 Å². The van der Waals surface area contributed by atoms with Crippen LogP contribution in [-0.4, -0.2) is 26.3 Å². The van der Waals surface area contributed by atoms with Gasteiger partial charge >= 0.3 is 0 Å². The fourth-order valence-corrected chi connectivity index (χ4v) is 3.37. The zero-order valence-electron chi connectivity index (χ0n) is 8.70. The molecule has 0 radical (unpaired) electrons. The van der Waals surface area contributed by atoms with E-state index < -0.39 is 5.97 Å².